The minimum atomic E-state index is -0.0545. The molecule has 0 atom stereocenters. The second-order valence-corrected chi connectivity index (χ2v) is 9.43. The highest BCUT2D eigenvalue weighted by atomic mass is 32.1. The predicted molar refractivity (Wildman–Crippen MR) is 132 cm³/mol. The van der Waals surface area contributed by atoms with Gasteiger partial charge in [-0.15, -0.1) is 0 Å². The number of thiazole rings is 1. The molecule has 0 unspecified atom stereocenters. The monoisotopic (exact) mass is 461 g/mol. The Bertz CT molecular complexity index is 1290. The van der Waals surface area contributed by atoms with Crippen molar-refractivity contribution in [2.45, 2.75) is 32.7 Å². The third kappa shape index (κ3) is 4.30. The molecule has 1 saturated heterocycles. The van der Waals surface area contributed by atoms with Crippen LogP contribution in [0.25, 0.3) is 16.0 Å². The summed E-state index contributed by atoms with van der Waals surface area (Å²) >= 11 is 1.70. The standard InChI is InChI=1S/C25H27N5O2S/c1-16-7-9-20(10-8-16)30-23-22(17(2)28-30)33-25(27-23)29-13-11-19(12-14-29)26-24(31)18-5-4-6-21(15-18)32-3/h4-10,15,19H,11-14H2,1-3H3,(H,26,31). The summed E-state index contributed by atoms with van der Waals surface area (Å²) in [5.41, 5.74) is 4.77. The van der Waals surface area contributed by atoms with Gasteiger partial charge in [0, 0.05) is 24.7 Å². The van der Waals surface area contributed by atoms with Crippen molar-refractivity contribution in [3.8, 4) is 11.4 Å². The smallest absolute Gasteiger partial charge is 0.251 e. The van der Waals surface area contributed by atoms with Gasteiger partial charge in [-0.05, 0) is 57.0 Å². The van der Waals surface area contributed by atoms with E-state index < -0.39 is 0 Å². The van der Waals surface area contributed by atoms with E-state index in [0.717, 1.165) is 52.8 Å². The average Bonchev–Trinajstić information content (AvgIpc) is 3.41. The Kier molecular flexibility index (Phi) is 5.76. The van der Waals surface area contributed by atoms with E-state index in [1.54, 1.807) is 24.5 Å². The number of aryl methyl sites for hydroxylation is 2. The van der Waals surface area contributed by atoms with E-state index in [2.05, 4.69) is 41.4 Å². The first-order chi connectivity index (χ1) is 16.0. The van der Waals surface area contributed by atoms with Gasteiger partial charge in [0.2, 0.25) is 0 Å². The van der Waals surface area contributed by atoms with Crippen molar-refractivity contribution in [3.05, 3.63) is 65.4 Å². The normalized spacial score (nSPS) is 14.6. The van der Waals surface area contributed by atoms with Crippen LogP contribution in [0.3, 0.4) is 0 Å². The molecule has 4 aromatic rings. The number of piperidine rings is 1. The Labute approximate surface area is 197 Å². The Morgan fingerprint density at radius 2 is 1.88 bits per heavy atom. The van der Waals surface area contributed by atoms with E-state index in [1.165, 1.54) is 5.56 Å². The summed E-state index contributed by atoms with van der Waals surface area (Å²) in [6.07, 6.45) is 1.77. The maximum absolute atomic E-state index is 12.6. The molecule has 1 aliphatic rings. The number of methoxy groups -OCH3 is 1. The quantitative estimate of drug-likeness (QED) is 0.474. The minimum Gasteiger partial charge on any atom is -0.497 e. The number of nitrogens with zero attached hydrogens (tertiary/aromatic N) is 4. The van der Waals surface area contributed by atoms with Crippen LogP contribution >= 0.6 is 11.3 Å². The highest BCUT2D eigenvalue weighted by Crippen LogP contribution is 2.33. The number of benzene rings is 2. The summed E-state index contributed by atoms with van der Waals surface area (Å²) in [6, 6.07) is 15.8. The number of fused-ring (bicyclic) bond motifs is 1. The van der Waals surface area contributed by atoms with Gasteiger partial charge in [0.05, 0.1) is 23.2 Å². The molecule has 0 spiro atoms. The van der Waals surface area contributed by atoms with Crippen LogP contribution in [-0.4, -0.2) is 46.9 Å². The lowest BCUT2D eigenvalue weighted by Crippen LogP contribution is -2.44. The number of carbonyl (C=O) groups is 1. The van der Waals surface area contributed by atoms with Crippen LogP contribution in [0.15, 0.2) is 48.5 Å². The zero-order valence-electron chi connectivity index (χ0n) is 19.0. The number of hydrogen-bond donors (Lipinski definition) is 1. The molecule has 1 aliphatic heterocycles. The van der Waals surface area contributed by atoms with Crippen molar-refractivity contribution in [3.63, 3.8) is 0 Å². The first-order valence-electron chi connectivity index (χ1n) is 11.1. The Hall–Kier alpha value is -3.39. The number of hydrogen-bond acceptors (Lipinski definition) is 6. The molecule has 1 fully saturated rings. The summed E-state index contributed by atoms with van der Waals surface area (Å²) in [7, 11) is 1.61. The second-order valence-electron chi connectivity index (χ2n) is 8.45. The highest BCUT2D eigenvalue weighted by Gasteiger charge is 2.25. The van der Waals surface area contributed by atoms with Gasteiger partial charge in [-0.1, -0.05) is 35.1 Å². The third-order valence-electron chi connectivity index (χ3n) is 6.09. The average molecular weight is 462 g/mol. The number of rotatable bonds is 5. The number of ether oxygens (including phenoxy) is 1. The highest BCUT2D eigenvalue weighted by molar-refractivity contribution is 7.22. The fourth-order valence-electron chi connectivity index (χ4n) is 4.17. The van der Waals surface area contributed by atoms with Gasteiger partial charge in [0.15, 0.2) is 10.8 Å². The van der Waals surface area contributed by atoms with Crippen LogP contribution in [0.4, 0.5) is 5.13 Å². The van der Waals surface area contributed by atoms with Crippen LogP contribution < -0.4 is 15.0 Å². The molecular weight excluding hydrogens is 434 g/mol. The molecule has 1 amide bonds. The van der Waals surface area contributed by atoms with Gasteiger partial charge in [0.1, 0.15) is 5.75 Å². The van der Waals surface area contributed by atoms with Crippen LogP contribution in [0.5, 0.6) is 5.75 Å². The van der Waals surface area contributed by atoms with E-state index in [-0.39, 0.29) is 11.9 Å². The molecule has 1 N–H and O–H groups in total. The maximum Gasteiger partial charge on any atom is 0.251 e. The molecule has 33 heavy (non-hydrogen) atoms. The van der Waals surface area contributed by atoms with Gasteiger partial charge in [-0.25, -0.2) is 4.68 Å². The van der Waals surface area contributed by atoms with E-state index in [4.69, 9.17) is 14.8 Å². The molecule has 2 aromatic heterocycles. The number of anilines is 1. The van der Waals surface area contributed by atoms with Gasteiger partial charge < -0.3 is 15.0 Å². The molecule has 0 bridgehead atoms. The second kappa shape index (κ2) is 8.86. The SMILES string of the molecule is COc1cccc(C(=O)NC2CCN(c3nc4c(s3)c(C)nn4-c3ccc(C)cc3)CC2)c1. The molecule has 8 heteroatoms. The molecule has 0 saturated carbocycles. The first-order valence-corrected chi connectivity index (χ1v) is 12.0. The third-order valence-corrected chi connectivity index (χ3v) is 7.30. The maximum atomic E-state index is 12.6. The van der Waals surface area contributed by atoms with Crippen molar-refractivity contribution >= 4 is 32.7 Å². The molecule has 3 heterocycles. The van der Waals surface area contributed by atoms with E-state index in [0.29, 0.717) is 11.3 Å². The molecule has 0 radical (unpaired) electrons. The van der Waals surface area contributed by atoms with Crippen molar-refractivity contribution in [2.75, 3.05) is 25.1 Å². The van der Waals surface area contributed by atoms with Gasteiger partial charge >= 0.3 is 0 Å². The lowest BCUT2D eigenvalue weighted by molar-refractivity contribution is 0.0930. The lowest BCUT2D eigenvalue weighted by Gasteiger charge is -2.32. The van der Waals surface area contributed by atoms with Gasteiger partial charge in [0.25, 0.3) is 5.91 Å². The molecule has 0 aliphatic carbocycles. The Morgan fingerprint density at radius 3 is 2.61 bits per heavy atom. The van der Waals surface area contributed by atoms with Gasteiger partial charge in [-0.3, -0.25) is 4.79 Å². The van der Waals surface area contributed by atoms with Crippen LogP contribution in [-0.2, 0) is 0 Å². The van der Waals surface area contributed by atoms with E-state index in [1.807, 2.05) is 29.8 Å². The predicted octanol–water partition coefficient (Wildman–Crippen LogP) is 4.51. The molecule has 2 aromatic carbocycles. The zero-order valence-corrected chi connectivity index (χ0v) is 19.9. The van der Waals surface area contributed by atoms with Crippen molar-refractivity contribution in [1.29, 1.82) is 0 Å². The fraction of sp³-hybridized carbons (Fsp3) is 0.320. The zero-order chi connectivity index (χ0) is 22.9. The van der Waals surface area contributed by atoms with Crippen molar-refractivity contribution < 1.29 is 9.53 Å². The van der Waals surface area contributed by atoms with E-state index >= 15 is 0 Å². The fourth-order valence-corrected chi connectivity index (χ4v) is 5.21. The summed E-state index contributed by atoms with van der Waals surface area (Å²) < 4.78 is 8.29. The lowest BCUT2D eigenvalue weighted by atomic mass is 10.0. The topological polar surface area (TPSA) is 72.3 Å². The summed E-state index contributed by atoms with van der Waals surface area (Å²) in [5.74, 6) is 0.633. The number of amides is 1. The largest absolute Gasteiger partial charge is 0.497 e. The molecule has 170 valence electrons. The van der Waals surface area contributed by atoms with Crippen molar-refractivity contribution in [1.82, 2.24) is 20.1 Å². The van der Waals surface area contributed by atoms with Crippen molar-refractivity contribution in [2.24, 2.45) is 0 Å². The van der Waals surface area contributed by atoms with Crippen LogP contribution in [0, 0.1) is 13.8 Å². The Balaban J connectivity index is 1.27. The summed E-state index contributed by atoms with van der Waals surface area (Å²) in [5, 5.41) is 8.90. The Morgan fingerprint density at radius 1 is 1.12 bits per heavy atom. The van der Waals surface area contributed by atoms with Crippen LogP contribution in [0.1, 0.15) is 34.5 Å². The number of nitrogens with one attached hydrogen (secondary N) is 1. The number of carbonyl (C=O) groups excluding carboxylic acids is 1. The molecule has 7 nitrogen and oxygen atoms in total. The molecular formula is C25H27N5O2S. The minimum absolute atomic E-state index is 0.0545. The van der Waals surface area contributed by atoms with Crippen LogP contribution in [0.2, 0.25) is 0 Å². The summed E-state index contributed by atoms with van der Waals surface area (Å²) in [4.78, 5) is 19.9. The molecule has 5 rings (SSSR count). The first kappa shape index (κ1) is 21.5. The van der Waals surface area contributed by atoms with E-state index in [9.17, 15) is 4.79 Å². The summed E-state index contributed by atoms with van der Waals surface area (Å²) in [6.45, 7) is 5.83. The number of aromatic nitrogens is 3. The van der Waals surface area contributed by atoms with Gasteiger partial charge in [-0.2, -0.15) is 10.1 Å².